The van der Waals surface area contributed by atoms with E-state index in [4.69, 9.17) is 0 Å². The standard InChI is InChI=1S/C16H16FNO/c17-14-7-5-13(6-8-14)16(19)11-18-10-9-12-3-1-2-4-15(12)16/h1-8,18-19H,9-11H2. The molecule has 2 nitrogen and oxygen atoms in total. The topological polar surface area (TPSA) is 32.3 Å². The summed E-state index contributed by atoms with van der Waals surface area (Å²) in [6, 6.07) is 14.0. The van der Waals surface area contributed by atoms with Gasteiger partial charge in [-0.2, -0.15) is 0 Å². The fraction of sp³-hybridized carbons (Fsp3) is 0.250. The summed E-state index contributed by atoms with van der Waals surface area (Å²) in [6.45, 7) is 1.27. The SMILES string of the molecule is OC1(c2ccc(F)cc2)CNCCc2ccccc21. The Morgan fingerprint density at radius 3 is 2.58 bits per heavy atom. The van der Waals surface area contributed by atoms with Gasteiger partial charge in [-0.1, -0.05) is 36.4 Å². The molecule has 19 heavy (non-hydrogen) atoms. The van der Waals surface area contributed by atoms with E-state index in [0.717, 1.165) is 29.7 Å². The lowest BCUT2D eigenvalue weighted by Gasteiger charge is -2.29. The van der Waals surface area contributed by atoms with E-state index < -0.39 is 5.60 Å². The molecule has 0 saturated heterocycles. The van der Waals surface area contributed by atoms with Gasteiger partial charge in [-0.15, -0.1) is 0 Å². The molecule has 0 saturated carbocycles. The van der Waals surface area contributed by atoms with Crippen molar-refractivity contribution in [3.63, 3.8) is 0 Å². The van der Waals surface area contributed by atoms with E-state index in [2.05, 4.69) is 5.32 Å². The molecule has 2 aromatic rings. The van der Waals surface area contributed by atoms with E-state index >= 15 is 0 Å². The third-order valence-corrected chi connectivity index (χ3v) is 3.74. The molecule has 1 aliphatic heterocycles. The molecular weight excluding hydrogens is 241 g/mol. The zero-order chi connectivity index (χ0) is 13.3. The average Bonchev–Trinajstić information content (AvgIpc) is 2.61. The van der Waals surface area contributed by atoms with Gasteiger partial charge in [0.2, 0.25) is 0 Å². The quantitative estimate of drug-likeness (QED) is 0.821. The zero-order valence-corrected chi connectivity index (χ0v) is 10.6. The van der Waals surface area contributed by atoms with Crippen LogP contribution < -0.4 is 5.32 Å². The van der Waals surface area contributed by atoms with Crippen molar-refractivity contribution in [2.75, 3.05) is 13.1 Å². The number of aliphatic hydroxyl groups is 1. The first-order valence-electron chi connectivity index (χ1n) is 6.48. The third kappa shape index (κ3) is 2.15. The van der Waals surface area contributed by atoms with E-state index in [1.807, 2.05) is 24.3 Å². The summed E-state index contributed by atoms with van der Waals surface area (Å²) >= 11 is 0. The van der Waals surface area contributed by atoms with Gasteiger partial charge in [0.25, 0.3) is 0 Å². The van der Waals surface area contributed by atoms with Crippen LogP contribution in [0.2, 0.25) is 0 Å². The molecule has 1 atom stereocenters. The van der Waals surface area contributed by atoms with Crippen LogP contribution in [-0.4, -0.2) is 18.2 Å². The number of hydrogen-bond donors (Lipinski definition) is 2. The highest BCUT2D eigenvalue weighted by Crippen LogP contribution is 2.33. The Balaban J connectivity index is 2.14. The van der Waals surface area contributed by atoms with Gasteiger partial charge in [0.05, 0.1) is 0 Å². The molecule has 1 unspecified atom stereocenters. The van der Waals surface area contributed by atoms with Gasteiger partial charge in [0, 0.05) is 6.54 Å². The fourth-order valence-corrected chi connectivity index (χ4v) is 2.71. The summed E-state index contributed by atoms with van der Waals surface area (Å²) in [4.78, 5) is 0. The third-order valence-electron chi connectivity index (χ3n) is 3.74. The number of benzene rings is 2. The van der Waals surface area contributed by atoms with E-state index in [1.165, 1.54) is 12.1 Å². The Morgan fingerprint density at radius 2 is 1.79 bits per heavy atom. The average molecular weight is 257 g/mol. The second kappa shape index (κ2) is 4.76. The van der Waals surface area contributed by atoms with E-state index in [0.29, 0.717) is 6.54 Å². The van der Waals surface area contributed by atoms with Crippen molar-refractivity contribution in [1.82, 2.24) is 5.32 Å². The molecule has 2 aromatic carbocycles. The Bertz CT molecular complexity index is 582. The maximum atomic E-state index is 13.1. The van der Waals surface area contributed by atoms with Gasteiger partial charge in [-0.25, -0.2) is 4.39 Å². The molecule has 2 N–H and O–H groups in total. The summed E-state index contributed by atoms with van der Waals surface area (Å²) < 4.78 is 13.1. The molecular formula is C16H16FNO. The molecule has 0 spiro atoms. The monoisotopic (exact) mass is 257 g/mol. The molecule has 0 aliphatic carbocycles. The summed E-state index contributed by atoms with van der Waals surface area (Å²) in [7, 11) is 0. The minimum Gasteiger partial charge on any atom is -0.379 e. The molecule has 0 aromatic heterocycles. The Kier molecular flexibility index (Phi) is 3.09. The van der Waals surface area contributed by atoms with Crippen molar-refractivity contribution in [1.29, 1.82) is 0 Å². The van der Waals surface area contributed by atoms with Crippen LogP contribution in [0, 0.1) is 5.82 Å². The van der Waals surface area contributed by atoms with E-state index in [9.17, 15) is 9.50 Å². The van der Waals surface area contributed by atoms with Gasteiger partial charge in [-0.05, 0) is 41.8 Å². The summed E-state index contributed by atoms with van der Waals surface area (Å²) in [5.41, 5.74) is 1.67. The predicted octanol–water partition coefficient (Wildman–Crippen LogP) is 2.21. The predicted molar refractivity (Wildman–Crippen MR) is 72.4 cm³/mol. The summed E-state index contributed by atoms with van der Waals surface area (Å²) in [6.07, 6.45) is 0.889. The molecule has 3 heteroatoms. The van der Waals surface area contributed by atoms with Crippen molar-refractivity contribution < 1.29 is 9.50 Å². The van der Waals surface area contributed by atoms with Gasteiger partial charge >= 0.3 is 0 Å². The number of rotatable bonds is 1. The molecule has 0 bridgehead atoms. The van der Waals surface area contributed by atoms with Crippen LogP contribution in [-0.2, 0) is 12.0 Å². The van der Waals surface area contributed by atoms with Crippen molar-refractivity contribution in [2.24, 2.45) is 0 Å². The van der Waals surface area contributed by atoms with Crippen LogP contribution in [0.4, 0.5) is 4.39 Å². The highest BCUT2D eigenvalue weighted by Gasteiger charge is 2.34. The lowest BCUT2D eigenvalue weighted by Crippen LogP contribution is -2.38. The Morgan fingerprint density at radius 1 is 1.05 bits per heavy atom. The number of nitrogens with one attached hydrogen (secondary N) is 1. The summed E-state index contributed by atoms with van der Waals surface area (Å²) in [5.74, 6) is -0.290. The highest BCUT2D eigenvalue weighted by molar-refractivity contribution is 5.42. The molecule has 1 aliphatic rings. The van der Waals surface area contributed by atoms with Crippen molar-refractivity contribution in [3.05, 3.63) is 71.0 Å². The Hall–Kier alpha value is -1.71. The van der Waals surface area contributed by atoms with Crippen LogP contribution in [0.1, 0.15) is 16.7 Å². The number of β-amino-alcohol motifs (C(OH)–C–C–N with tert-alkyl or cyclic N) is 1. The lowest BCUT2D eigenvalue weighted by molar-refractivity contribution is 0.0825. The minimum atomic E-state index is -1.10. The molecule has 0 amide bonds. The number of hydrogen-bond acceptors (Lipinski definition) is 2. The van der Waals surface area contributed by atoms with E-state index in [1.54, 1.807) is 12.1 Å². The molecule has 0 radical (unpaired) electrons. The lowest BCUT2D eigenvalue weighted by atomic mass is 9.84. The second-order valence-corrected chi connectivity index (χ2v) is 4.95. The fourth-order valence-electron chi connectivity index (χ4n) is 2.71. The Labute approximate surface area is 111 Å². The van der Waals surface area contributed by atoms with Gasteiger partial charge < -0.3 is 10.4 Å². The normalized spacial score (nSPS) is 22.6. The van der Waals surface area contributed by atoms with Crippen molar-refractivity contribution in [3.8, 4) is 0 Å². The summed E-state index contributed by atoms with van der Waals surface area (Å²) in [5, 5.41) is 14.3. The minimum absolute atomic E-state index is 0.290. The van der Waals surface area contributed by atoms with Gasteiger partial charge in [0.1, 0.15) is 11.4 Å². The van der Waals surface area contributed by atoms with Crippen LogP contribution in [0.15, 0.2) is 48.5 Å². The van der Waals surface area contributed by atoms with Gasteiger partial charge in [0.15, 0.2) is 0 Å². The number of fused-ring (bicyclic) bond motifs is 1. The largest absolute Gasteiger partial charge is 0.379 e. The van der Waals surface area contributed by atoms with Crippen molar-refractivity contribution >= 4 is 0 Å². The van der Waals surface area contributed by atoms with E-state index in [-0.39, 0.29) is 5.82 Å². The number of halogens is 1. The van der Waals surface area contributed by atoms with Gasteiger partial charge in [-0.3, -0.25) is 0 Å². The van der Waals surface area contributed by atoms with Crippen LogP contribution in [0.3, 0.4) is 0 Å². The molecule has 98 valence electrons. The molecule has 0 fully saturated rings. The maximum absolute atomic E-state index is 13.1. The molecule has 3 rings (SSSR count). The first-order chi connectivity index (χ1) is 9.20. The first-order valence-corrected chi connectivity index (χ1v) is 6.48. The van der Waals surface area contributed by atoms with Crippen molar-refractivity contribution in [2.45, 2.75) is 12.0 Å². The highest BCUT2D eigenvalue weighted by atomic mass is 19.1. The van der Waals surface area contributed by atoms with Crippen LogP contribution in [0.25, 0.3) is 0 Å². The molecule has 1 heterocycles. The van der Waals surface area contributed by atoms with Crippen LogP contribution in [0.5, 0.6) is 0 Å². The second-order valence-electron chi connectivity index (χ2n) is 4.95. The zero-order valence-electron chi connectivity index (χ0n) is 10.6. The smallest absolute Gasteiger partial charge is 0.127 e. The van der Waals surface area contributed by atoms with Crippen LogP contribution >= 0.6 is 0 Å². The first kappa shape index (κ1) is 12.3. The maximum Gasteiger partial charge on any atom is 0.127 e.